The predicted octanol–water partition coefficient (Wildman–Crippen LogP) is 0.467. The van der Waals surface area contributed by atoms with Crippen molar-refractivity contribution >= 4 is 28.9 Å². The Balaban J connectivity index is 1.83. The quantitative estimate of drug-likeness (QED) is 0.142. The van der Waals surface area contributed by atoms with Gasteiger partial charge in [-0.3, -0.25) is 14.4 Å². The molecule has 1 aromatic carbocycles. The summed E-state index contributed by atoms with van der Waals surface area (Å²) in [7, 11) is 0. The van der Waals surface area contributed by atoms with Crippen LogP contribution in [0, 0.1) is 11.8 Å². The topological polar surface area (TPSA) is 222 Å². The Labute approximate surface area is 216 Å². The molecule has 0 bridgehead atoms. The van der Waals surface area contributed by atoms with Crippen LogP contribution in [0.1, 0.15) is 43.4 Å². The van der Waals surface area contributed by atoms with Crippen molar-refractivity contribution in [2.45, 2.75) is 63.3 Å². The van der Waals surface area contributed by atoms with Gasteiger partial charge in [0.2, 0.25) is 5.78 Å². The van der Waals surface area contributed by atoms with E-state index >= 15 is 0 Å². The van der Waals surface area contributed by atoms with Crippen molar-refractivity contribution in [1.82, 2.24) is 5.32 Å². The van der Waals surface area contributed by atoms with E-state index in [0.717, 1.165) is 6.92 Å². The highest BCUT2D eigenvalue weighted by molar-refractivity contribution is 6.24. The maximum atomic E-state index is 13.8. The summed E-state index contributed by atoms with van der Waals surface area (Å²) in [5.74, 6) is -11.3. The molecule has 3 aliphatic rings. The lowest BCUT2D eigenvalue weighted by molar-refractivity contribution is -0.149. The van der Waals surface area contributed by atoms with Crippen LogP contribution >= 0.6 is 0 Å². The van der Waals surface area contributed by atoms with Crippen molar-refractivity contribution in [1.29, 1.82) is 0 Å². The number of halogens is 2. The van der Waals surface area contributed by atoms with Crippen LogP contribution in [0.3, 0.4) is 0 Å². The molecule has 11 N–H and O–H groups in total. The molecule has 0 heterocycles. The first-order chi connectivity index (χ1) is 17.6. The number of aliphatic hydroxyl groups is 3. The maximum absolute atomic E-state index is 13.8. The Morgan fingerprint density at radius 2 is 1.92 bits per heavy atom. The van der Waals surface area contributed by atoms with E-state index in [9.17, 15) is 43.6 Å². The van der Waals surface area contributed by atoms with Crippen molar-refractivity contribution < 1.29 is 43.6 Å². The number of carbonyl (C=O) groups excluding carboxylic acids is 3. The smallest absolute Gasteiger partial charge is 0.260 e. The number of aliphatic hydroxyl groups excluding tert-OH is 2. The lowest BCUT2D eigenvalue weighted by Crippen LogP contribution is -2.65. The highest BCUT2D eigenvalue weighted by atomic mass is 19.3. The third-order valence-corrected chi connectivity index (χ3v) is 7.92. The monoisotopic (exact) mass is 536 g/mol. The maximum Gasteiger partial charge on any atom is 0.260 e. The summed E-state index contributed by atoms with van der Waals surface area (Å²) in [6.07, 6.45) is -0.0684. The second-order valence-corrected chi connectivity index (χ2v) is 10.2. The summed E-state index contributed by atoms with van der Waals surface area (Å²) in [5.41, 5.74) is 13.4. The summed E-state index contributed by atoms with van der Waals surface area (Å²) in [6, 6.07) is -1.38. The average Bonchev–Trinajstić information content (AvgIpc) is 2.81. The molecule has 5 atom stereocenters. The normalized spacial score (nSPS) is 28.1. The van der Waals surface area contributed by atoms with Gasteiger partial charge in [-0.1, -0.05) is 6.92 Å². The molecule has 1 fully saturated rings. The van der Waals surface area contributed by atoms with Crippen LogP contribution in [0.4, 0.5) is 14.5 Å². The third-order valence-electron chi connectivity index (χ3n) is 7.92. The summed E-state index contributed by atoms with van der Waals surface area (Å²) in [4.78, 5) is 38.0. The van der Waals surface area contributed by atoms with Gasteiger partial charge in [-0.2, -0.15) is 0 Å². The number of nitrogens with one attached hydrogen (secondary N) is 1. The molecule has 0 spiro atoms. The zero-order valence-corrected chi connectivity index (χ0v) is 20.7. The van der Waals surface area contributed by atoms with Gasteiger partial charge in [0.05, 0.1) is 17.6 Å². The number of nitrogen functional groups attached to an aromatic ring is 1. The fourth-order valence-corrected chi connectivity index (χ4v) is 5.92. The number of benzene rings is 1. The predicted molar refractivity (Wildman–Crippen MR) is 131 cm³/mol. The molecule has 0 radical (unpaired) electrons. The number of fused-ring (bicyclic) bond motifs is 3. The molecule has 11 nitrogen and oxygen atoms in total. The molecule has 1 aromatic rings. The molecule has 0 saturated heterocycles. The number of phenolic OH excluding ortho intramolecular Hbond substituents is 1. The average molecular weight is 537 g/mol. The van der Waals surface area contributed by atoms with Gasteiger partial charge in [0, 0.05) is 36.2 Å². The number of primary amides is 1. The second-order valence-electron chi connectivity index (χ2n) is 10.2. The van der Waals surface area contributed by atoms with Crippen molar-refractivity contribution in [2.24, 2.45) is 23.3 Å². The van der Waals surface area contributed by atoms with Gasteiger partial charge in [0.15, 0.2) is 11.4 Å². The number of rotatable bonds is 6. The first-order valence-corrected chi connectivity index (χ1v) is 12.1. The van der Waals surface area contributed by atoms with Crippen LogP contribution in [0.15, 0.2) is 23.0 Å². The highest BCUT2D eigenvalue weighted by Crippen LogP contribution is 2.52. The number of Topliss-reactive ketones (excluding diaryl/α,β-unsaturated/α-hetero) is 2. The van der Waals surface area contributed by atoms with Gasteiger partial charge >= 0.3 is 0 Å². The largest absolute Gasteiger partial charge is 0.508 e. The molecule has 0 aromatic heterocycles. The molecule has 1 amide bonds. The van der Waals surface area contributed by atoms with Crippen molar-refractivity contribution in [3.63, 3.8) is 0 Å². The highest BCUT2D eigenvalue weighted by Gasteiger charge is 2.63. The van der Waals surface area contributed by atoms with Crippen LogP contribution in [0.5, 0.6) is 5.75 Å². The number of hydrogen-bond donors (Lipinski definition) is 8. The molecule has 206 valence electrons. The fraction of sp³-hybridized carbons (Fsp3) is 0.480. The van der Waals surface area contributed by atoms with Crippen LogP contribution in [-0.2, 0) is 27.3 Å². The van der Waals surface area contributed by atoms with E-state index in [4.69, 9.17) is 17.2 Å². The molecule has 0 aliphatic heterocycles. The summed E-state index contributed by atoms with van der Waals surface area (Å²) in [5, 5.41) is 46.9. The minimum atomic E-state index is -3.05. The van der Waals surface area contributed by atoms with Crippen LogP contribution in [-0.4, -0.2) is 61.5 Å². The number of hydrogen-bond acceptors (Lipinski definition) is 10. The van der Waals surface area contributed by atoms with E-state index < -0.39 is 75.8 Å². The fourth-order valence-electron chi connectivity index (χ4n) is 5.92. The Kier molecular flexibility index (Phi) is 6.53. The van der Waals surface area contributed by atoms with Gasteiger partial charge in [-0.15, -0.1) is 0 Å². The van der Waals surface area contributed by atoms with E-state index in [1.807, 2.05) is 0 Å². The standard InChI is InChI=1S/C25H30F2N4O7/c1-3-13(24(2,26)27)31-7-9-6-12(28)10-4-8-5-11-17(29)20(34)16(23(30)37)22(36)25(11,38)21(35)14(8)19(33)15(10)18(9)32/h6,8,11,13,17,31-33,36,38H,3-5,7,28-29H2,1-2H3,(H2,30,37)/t8-,11-,13?,17?,25-/m0/s1. The number of ketones is 2. The molecule has 4 rings (SSSR count). The Bertz CT molecular complexity index is 1320. The number of aromatic hydroxyl groups is 1. The molecular formula is C25H30F2N4O7. The number of anilines is 1. The first-order valence-electron chi connectivity index (χ1n) is 12.1. The molecular weight excluding hydrogens is 506 g/mol. The number of amides is 1. The number of phenols is 1. The lowest BCUT2D eigenvalue weighted by atomic mass is 9.58. The summed E-state index contributed by atoms with van der Waals surface area (Å²) < 4.78 is 27.6. The zero-order valence-electron chi connectivity index (χ0n) is 20.7. The Hall–Kier alpha value is -3.55. The Morgan fingerprint density at radius 3 is 2.47 bits per heavy atom. The number of alkyl halides is 2. The van der Waals surface area contributed by atoms with Gasteiger partial charge in [-0.25, -0.2) is 8.78 Å². The van der Waals surface area contributed by atoms with E-state index in [1.165, 1.54) is 6.07 Å². The van der Waals surface area contributed by atoms with Crippen molar-refractivity contribution in [3.05, 3.63) is 39.7 Å². The van der Waals surface area contributed by atoms with Gasteiger partial charge in [0.25, 0.3) is 11.8 Å². The van der Waals surface area contributed by atoms with Crippen molar-refractivity contribution in [2.75, 3.05) is 5.73 Å². The van der Waals surface area contributed by atoms with E-state index in [1.54, 1.807) is 6.92 Å². The first kappa shape index (κ1) is 27.5. The van der Waals surface area contributed by atoms with Crippen molar-refractivity contribution in [3.8, 4) is 5.75 Å². The van der Waals surface area contributed by atoms with Crippen LogP contribution in [0.25, 0.3) is 5.76 Å². The molecule has 38 heavy (non-hydrogen) atoms. The third kappa shape index (κ3) is 3.84. The molecule has 2 unspecified atom stereocenters. The summed E-state index contributed by atoms with van der Waals surface area (Å²) in [6.45, 7) is 2.09. The minimum Gasteiger partial charge on any atom is -0.508 e. The van der Waals surface area contributed by atoms with Crippen LogP contribution < -0.4 is 22.5 Å². The van der Waals surface area contributed by atoms with Gasteiger partial charge in [-0.05, 0) is 36.8 Å². The number of nitrogens with two attached hydrogens (primary N) is 3. The number of carbonyl (C=O) groups is 3. The Morgan fingerprint density at radius 1 is 1.29 bits per heavy atom. The van der Waals surface area contributed by atoms with E-state index in [0.29, 0.717) is 0 Å². The zero-order chi connectivity index (χ0) is 28.5. The lowest BCUT2D eigenvalue weighted by Gasteiger charge is -2.48. The van der Waals surface area contributed by atoms with Gasteiger partial charge in [0.1, 0.15) is 22.8 Å². The SMILES string of the molecule is CCC(NCc1cc(N)c2c(c1O)C(O)=C1C(=O)[C@]3(O)C(O)=C(C(N)=O)C(=O)C(N)[C@@H]3C[C@@H]1C2)C(C)(F)F. The minimum absolute atomic E-state index is 0.00116. The molecule has 1 saturated carbocycles. The van der Waals surface area contributed by atoms with Crippen LogP contribution in [0.2, 0.25) is 0 Å². The summed E-state index contributed by atoms with van der Waals surface area (Å²) >= 11 is 0. The molecule has 13 heteroatoms. The molecule has 3 aliphatic carbocycles. The van der Waals surface area contributed by atoms with E-state index in [2.05, 4.69) is 5.32 Å². The second kappa shape index (κ2) is 9.03. The van der Waals surface area contributed by atoms with Gasteiger partial charge < -0.3 is 42.9 Å². The van der Waals surface area contributed by atoms with E-state index in [-0.39, 0.29) is 53.8 Å².